The van der Waals surface area contributed by atoms with Crippen molar-refractivity contribution in [3.63, 3.8) is 0 Å². The average Bonchev–Trinajstić information content (AvgIpc) is 2.40. The fourth-order valence-corrected chi connectivity index (χ4v) is 1.77. The van der Waals surface area contributed by atoms with E-state index in [1.54, 1.807) is 0 Å². The molecule has 1 N–H and O–H groups in total. The smallest absolute Gasteiger partial charge is 0.119 e. The Morgan fingerprint density at radius 1 is 1.10 bits per heavy atom. The molecule has 0 unspecified atom stereocenters. The van der Waals surface area contributed by atoms with Crippen LogP contribution >= 0.6 is 0 Å². The van der Waals surface area contributed by atoms with Gasteiger partial charge >= 0.3 is 0 Å². The summed E-state index contributed by atoms with van der Waals surface area (Å²) in [6.45, 7) is 13.9. The first-order valence-corrected chi connectivity index (χ1v) is 7.90. The molecule has 0 aliphatic rings. The minimum atomic E-state index is 0.332. The quantitative estimate of drug-likeness (QED) is 0.698. The van der Waals surface area contributed by atoms with Gasteiger partial charge in [-0.25, -0.2) is 0 Å². The van der Waals surface area contributed by atoms with E-state index < -0.39 is 0 Å². The van der Waals surface area contributed by atoms with Crippen LogP contribution in [0.5, 0.6) is 5.75 Å². The summed E-state index contributed by atoms with van der Waals surface area (Å²) in [5.74, 6) is 0.914. The van der Waals surface area contributed by atoms with Crippen LogP contribution < -0.4 is 10.1 Å². The van der Waals surface area contributed by atoms with Crippen LogP contribution in [0.3, 0.4) is 0 Å². The summed E-state index contributed by atoms with van der Waals surface area (Å²) in [5, 5.41) is 3.41. The normalized spacial score (nSPS) is 11.9. The SMILES string of the molecule is CC(C)NCc1cccc(OCCOCCC(C)(C)C)c1. The highest BCUT2D eigenvalue weighted by Gasteiger charge is 2.09. The largest absolute Gasteiger partial charge is 0.491 e. The zero-order chi connectivity index (χ0) is 15.7. The van der Waals surface area contributed by atoms with Crippen molar-refractivity contribution in [1.29, 1.82) is 0 Å². The predicted octanol–water partition coefficient (Wildman–Crippen LogP) is 4.02. The third-order valence-electron chi connectivity index (χ3n) is 3.11. The van der Waals surface area contributed by atoms with Gasteiger partial charge in [0.1, 0.15) is 12.4 Å². The van der Waals surface area contributed by atoms with Crippen molar-refractivity contribution in [2.75, 3.05) is 19.8 Å². The van der Waals surface area contributed by atoms with Gasteiger partial charge in [0.2, 0.25) is 0 Å². The molecule has 1 aromatic carbocycles. The van der Waals surface area contributed by atoms with Crippen LogP contribution in [0.25, 0.3) is 0 Å². The highest BCUT2D eigenvalue weighted by molar-refractivity contribution is 5.28. The van der Waals surface area contributed by atoms with Gasteiger partial charge in [0.25, 0.3) is 0 Å². The molecule has 0 radical (unpaired) electrons. The third-order valence-corrected chi connectivity index (χ3v) is 3.11. The first-order chi connectivity index (χ1) is 9.87. The topological polar surface area (TPSA) is 30.5 Å². The summed E-state index contributed by atoms with van der Waals surface area (Å²) in [5.41, 5.74) is 1.58. The van der Waals surface area contributed by atoms with Gasteiger partial charge in [-0.2, -0.15) is 0 Å². The molecule has 3 nitrogen and oxygen atoms in total. The Bertz CT molecular complexity index is 396. The molecule has 0 atom stereocenters. The van der Waals surface area contributed by atoms with Crippen LogP contribution in [0.4, 0.5) is 0 Å². The van der Waals surface area contributed by atoms with Crippen molar-refractivity contribution >= 4 is 0 Å². The Morgan fingerprint density at radius 3 is 2.52 bits per heavy atom. The van der Waals surface area contributed by atoms with Crippen LogP contribution in [0, 0.1) is 5.41 Å². The van der Waals surface area contributed by atoms with E-state index in [1.807, 2.05) is 12.1 Å². The zero-order valence-electron chi connectivity index (χ0n) is 14.2. The molecule has 0 saturated heterocycles. The van der Waals surface area contributed by atoms with Crippen molar-refractivity contribution in [2.45, 2.75) is 53.6 Å². The highest BCUT2D eigenvalue weighted by Crippen LogP contribution is 2.18. The van der Waals surface area contributed by atoms with Crippen LogP contribution in [-0.2, 0) is 11.3 Å². The standard InChI is InChI=1S/C18H31NO2/c1-15(2)19-14-16-7-6-8-17(13-16)21-12-11-20-10-9-18(3,4)5/h6-8,13,15,19H,9-12,14H2,1-5H3. The molecule has 0 spiro atoms. The summed E-state index contributed by atoms with van der Waals surface area (Å²) in [7, 11) is 0. The number of ether oxygens (including phenoxy) is 2. The Balaban J connectivity index is 2.21. The van der Waals surface area contributed by atoms with Crippen LogP contribution in [-0.4, -0.2) is 25.9 Å². The summed E-state index contributed by atoms with van der Waals surface area (Å²) >= 11 is 0. The average molecular weight is 293 g/mol. The number of nitrogens with one attached hydrogen (secondary N) is 1. The predicted molar refractivity (Wildman–Crippen MR) is 88.8 cm³/mol. The van der Waals surface area contributed by atoms with Crippen molar-refractivity contribution in [3.05, 3.63) is 29.8 Å². The lowest BCUT2D eigenvalue weighted by Crippen LogP contribution is -2.21. The van der Waals surface area contributed by atoms with Crippen molar-refractivity contribution in [2.24, 2.45) is 5.41 Å². The fourth-order valence-electron chi connectivity index (χ4n) is 1.77. The summed E-state index contributed by atoms with van der Waals surface area (Å²) in [6.07, 6.45) is 1.07. The maximum Gasteiger partial charge on any atom is 0.119 e. The number of hydrogen-bond donors (Lipinski definition) is 1. The van der Waals surface area contributed by atoms with E-state index in [1.165, 1.54) is 5.56 Å². The van der Waals surface area contributed by atoms with E-state index >= 15 is 0 Å². The van der Waals surface area contributed by atoms with Crippen molar-refractivity contribution in [1.82, 2.24) is 5.32 Å². The molecule has 0 amide bonds. The van der Waals surface area contributed by atoms with Gasteiger partial charge in [0.05, 0.1) is 6.61 Å². The van der Waals surface area contributed by atoms with Crippen LogP contribution in [0.2, 0.25) is 0 Å². The Hall–Kier alpha value is -1.06. The first kappa shape index (κ1) is 18.0. The van der Waals surface area contributed by atoms with Gasteiger partial charge in [-0.1, -0.05) is 46.8 Å². The van der Waals surface area contributed by atoms with E-state index in [2.05, 4.69) is 52.1 Å². The van der Waals surface area contributed by atoms with Gasteiger partial charge in [-0.05, 0) is 29.5 Å². The lowest BCUT2D eigenvalue weighted by atomic mass is 9.93. The second-order valence-electron chi connectivity index (χ2n) is 6.95. The number of benzene rings is 1. The van der Waals surface area contributed by atoms with E-state index in [0.29, 0.717) is 24.7 Å². The van der Waals surface area contributed by atoms with Gasteiger partial charge in [0, 0.05) is 19.2 Å². The first-order valence-electron chi connectivity index (χ1n) is 7.90. The molecular weight excluding hydrogens is 262 g/mol. The molecule has 3 heteroatoms. The Morgan fingerprint density at radius 2 is 1.86 bits per heavy atom. The molecule has 0 aromatic heterocycles. The zero-order valence-corrected chi connectivity index (χ0v) is 14.2. The van der Waals surface area contributed by atoms with E-state index in [0.717, 1.165) is 25.3 Å². The Labute approximate surface area is 130 Å². The molecule has 1 rings (SSSR count). The summed E-state index contributed by atoms with van der Waals surface area (Å²) in [4.78, 5) is 0. The molecule has 0 aliphatic heterocycles. The molecular formula is C18H31NO2. The highest BCUT2D eigenvalue weighted by atomic mass is 16.5. The minimum Gasteiger partial charge on any atom is -0.491 e. The minimum absolute atomic E-state index is 0.332. The monoisotopic (exact) mass is 293 g/mol. The fraction of sp³-hybridized carbons (Fsp3) is 0.667. The van der Waals surface area contributed by atoms with Gasteiger partial charge in [-0.15, -0.1) is 0 Å². The Kier molecular flexibility index (Phi) is 7.76. The summed E-state index contributed by atoms with van der Waals surface area (Å²) < 4.78 is 11.3. The molecule has 0 saturated carbocycles. The number of hydrogen-bond acceptors (Lipinski definition) is 3. The van der Waals surface area contributed by atoms with E-state index in [4.69, 9.17) is 9.47 Å². The molecule has 0 aliphatic carbocycles. The van der Waals surface area contributed by atoms with E-state index in [-0.39, 0.29) is 0 Å². The van der Waals surface area contributed by atoms with Crippen LogP contribution in [0.15, 0.2) is 24.3 Å². The lowest BCUT2D eigenvalue weighted by molar-refractivity contribution is 0.0818. The summed E-state index contributed by atoms with van der Waals surface area (Å²) in [6, 6.07) is 8.72. The molecule has 0 fully saturated rings. The van der Waals surface area contributed by atoms with E-state index in [9.17, 15) is 0 Å². The van der Waals surface area contributed by atoms with Crippen molar-refractivity contribution in [3.8, 4) is 5.75 Å². The molecule has 0 bridgehead atoms. The second kappa shape index (κ2) is 9.06. The second-order valence-corrected chi connectivity index (χ2v) is 6.95. The van der Waals surface area contributed by atoms with Gasteiger partial charge < -0.3 is 14.8 Å². The third kappa shape index (κ3) is 9.48. The maximum atomic E-state index is 5.73. The van der Waals surface area contributed by atoms with Crippen molar-refractivity contribution < 1.29 is 9.47 Å². The molecule has 120 valence electrons. The molecule has 1 aromatic rings. The molecule has 0 heterocycles. The maximum absolute atomic E-state index is 5.73. The van der Waals surface area contributed by atoms with Gasteiger partial charge in [0.15, 0.2) is 0 Å². The van der Waals surface area contributed by atoms with Gasteiger partial charge in [-0.3, -0.25) is 0 Å². The lowest BCUT2D eigenvalue weighted by Gasteiger charge is -2.17. The number of rotatable bonds is 9. The molecule has 21 heavy (non-hydrogen) atoms. The van der Waals surface area contributed by atoms with Crippen LogP contribution in [0.1, 0.15) is 46.6 Å².